The van der Waals surface area contributed by atoms with Crippen molar-refractivity contribution in [3.63, 3.8) is 0 Å². The van der Waals surface area contributed by atoms with Crippen LogP contribution in [0, 0.1) is 11.8 Å². The maximum atomic E-state index is 13.4. The molecular weight excluding hydrogens is 510 g/mol. The average molecular weight is 542 g/mol. The van der Waals surface area contributed by atoms with E-state index in [2.05, 4.69) is 9.97 Å². The summed E-state index contributed by atoms with van der Waals surface area (Å²) in [6.07, 6.45) is 6.69. The standard InChI is InChI=1S/C26H31N5O6S/c27-38(34,35)21-3-4-23(28-11-21)26(33)31-14-18-12-30(13-19(18)15-31)25(32)17-9-22(16-1-2-16)24(29-10-17)37-20-5-7-36-8-6-20/h3-4,9-11,16,18-20H,1-2,5-8,12-15H2,(H2,27,34,35)/t18-,19-/m1/s1. The molecule has 4 fully saturated rings. The van der Waals surface area contributed by atoms with Crippen molar-refractivity contribution < 1.29 is 27.5 Å². The van der Waals surface area contributed by atoms with Crippen molar-refractivity contribution in [1.82, 2.24) is 19.8 Å². The van der Waals surface area contributed by atoms with Crippen LogP contribution in [0.15, 0.2) is 35.5 Å². The third-order valence-electron chi connectivity index (χ3n) is 7.93. The molecule has 0 spiro atoms. The number of sulfonamides is 1. The van der Waals surface area contributed by atoms with E-state index in [-0.39, 0.29) is 40.3 Å². The number of hydrogen-bond donors (Lipinski definition) is 1. The van der Waals surface area contributed by atoms with Gasteiger partial charge >= 0.3 is 0 Å². The molecule has 1 saturated carbocycles. The lowest BCUT2D eigenvalue weighted by Crippen LogP contribution is -2.36. The van der Waals surface area contributed by atoms with Gasteiger partial charge in [-0.25, -0.2) is 23.5 Å². The second-order valence-corrected chi connectivity index (χ2v) is 12.2. The SMILES string of the molecule is NS(=O)(=O)c1ccc(C(=O)N2C[C@H]3CN(C(=O)c4cnc(OC5CCOCC5)c(C5CC5)c4)C[C@@H]3C2)nc1. The molecule has 0 unspecified atom stereocenters. The minimum atomic E-state index is -3.87. The van der Waals surface area contributed by atoms with E-state index < -0.39 is 10.0 Å². The van der Waals surface area contributed by atoms with Crippen LogP contribution in [0.2, 0.25) is 0 Å². The molecule has 2 atom stereocenters. The molecule has 6 rings (SSSR count). The number of amides is 2. The molecule has 12 heteroatoms. The molecule has 11 nitrogen and oxygen atoms in total. The number of pyridine rings is 2. The summed E-state index contributed by atoms with van der Waals surface area (Å²) >= 11 is 0. The van der Waals surface area contributed by atoms with Gasteiger partial charge in [-0.2, -0.15) is 0 Å². The summed E-state index contributed by atoms with van der Waals surface area (Å²) in [6, 6.07) is 4.63. The Morgan fingerprint density at radius 2 is 1.58 bits per heavy atom. The Hall–Kier alpha value is -3.09. The van der Waals surface area contributed by atoms with Crippen LogP contribution in [-0.4, -0.2) is 85.5 Å². The first-order valence-electron chi connectivity index (χ1n) is 13.1. The first-order chi connectivity index (χ1) is 18.3. The van der Waals surface area contributed by atoms with Gasteiger partial charge in [0, 0.05) is 68.8 Å². The highest BCUT2D eigenvalue weighted by atomic mass is 32.2. The second kappa shape index (κ2) is 9.90. The van der Waals surface area contributed by atoms with Crippen LogP contribution in [0.1, 0.15) is 58.0 Å². The Bertz CT molecular complexity index is 1330. The molecule has 3 saturated heterocycles. The third kappa shape index (κ3) is 5.12. The summed E-state index contributed by atoms with van der Waals surface area (Å²) in [7, 11) is -3.87. The van der Waals surface area contributed by atoms with Crippen molar-refractivity contribution in [1.29, 1.82) is 0 Å². The number of aromatic nitrogens is 2. The fourth-order valence-corrected chi connectivity index (χ4v) is 6.12. The van der Waals surface area contributed by atoms with Crippen molar-refractivity contribution in [2.75, 3.05) is 39.4 Å². The Morgan fingerprint density at radius 3 is 2.16 bits per heavy atom. The van der Waals surface area contributed by atoms with Gasteiger partial charge in [-0.3, -0.25) is 9.59 Å². The van der Waals surface area contributed by atoms with E-state index in [1.807, 2.05) is 11.0 Å². The lowest BCUT2D eigenvalue weighted by atomic mass is 10.0. The Morgan fingerprint density at radius 1 is 0.921 bits per heavy atom. The second-order valence-electron chi connectivity index (χ2n) is 10.7. The van der Waals surface area contributed by atoms with Crippen molar-refractivity contribution >= 4 is 21.8 Å². The summed E-state index contributed by atoms with van der Waals surface area (Å²) in [5, 5.41) is 5.11. The minimum Gasteiger partial charge on any atom is -0.474 e. The average Bonchev–Trinajstić information content (AvgIpc) is 3.57. The number of rotatable bonds is 6. The molecule has 4 aliphatic rings. The van der Waals surface area contributed by atoms with Crippen LogP contribution in [0.3, 0.4) is 0 Å². The van der Waals surface area contributed by atoms with Crippen LogP contribution in [0.4, 0.5) is 0 Å². The van der Waals surface area contributed by atoms with Gasteiger partial charge < -0.3 is 19.3 Å². The molecule has 2 aromatic rings. The Kier molecular flexibility index (Phi) is 6.57. The maximum Gasteiger partial charge on any atom is 0.272 e. The Labute approximate surface area is 221 Å². The number of nitrogens with two attached hydrogens (primary N) is 1. The molecule has 202 valence electrons. The quantitative estimate of drug-likeness (QED) is 0.578. The van der Waals surface area contributed by atoms with Crippen molar-refractivity contribution in [3.05, 3.63) is 47.4 Å². The van der Waals surface area contributed by atoms with Crippen molar-refractivity contribution in [3.8, 4) is 5.88 Å². The van der Waals surface area contributed by atoms with E-state index in [1.54, 1.807) is 11.1 Å². The molecule has 0 aromatic carbocycles. The van der Waals surface area contributed by atoms with Gasteiger partial charge in [0.25, 0.3) is 11.8 Å². The monoisotopic (exact) mass is 541 g/mol. The highest BCUT2D eigenvalue weighted by molar-refractivity contribution is 7.89. The fraction of sp³-hybridized carbons (Fsp3) is 0.538. The van der Waals surface area contributed by atoms with Crippen molar-refractivity contribution in [2.45, 2.75) is 42.6 Å². The highest BCUT2D eigenvalue weighted by Gasteiger charge is 2.43. The number of hydrogen-bond acceptors (Lipinski definition) is 8. The Balaban J connectivity index is 1.09. The number of ether oxygens (including phenoxy) is 2. The predicted octanol–water partition coefficient (Wildman–Crippen LogP) is 1.40. The third-order valence-corrected chi connectivity index (χ3v) is 8.83. The van der Waals surface area contributed by atoms with E-state index in [0.717, 1.165) is 37.4 Å². The van der Waals surface area contributed by atoms with Crippen LogP contribution >= 0.6 is 0 Å². The summed E-state index contributed by atoms with van der Waals surface area (Å²) in [6.45, 7) is 3.59. The number of likely N-dealkylation sites (tertiary alicyclic amines) is 2. The minimum absolute atomic E-state index is 0.0375. The lowest BCUT2D eigenvalue weighted by Gasteiger charge is -2.24. The molecule has 0 radical (unpaired) electrons. The first kappa shape index (κ1) is 25.2. The molecule has 5 heterocycles. The van der Waals surface area contributed by atoms with Crippen LogP contribution in [0.5, 0.6) is 5.88 Å². The maximum absolute atomic E-state index is 13.4. The number of carbonyl (C=O) groups excluding carboxylic acids is 2. The van der Waals surface area contributed by atoms with Crippen LogP contribution in [-0.2, 0) is 14.8 Å². The zero-order valence-corrected chi connectivity index (χ0v) is 21.8. The van der Waals surface area contributed by atoms with Gasteiger partial charge in [0.2, 0.25) is 15.9 Å². The molecule has 1 aliphatic carbocycles. The first-order valence-corrected chi connectivity index (χ1v) is 14.6. The van der Waals surface area contributed by atoms with Crippen LogP contribution in [0.25, 0.3) is 0 Å². The van der Waals surface area contributed by atoms with Gasteiger partial charge in [-0.1, -0.05) is 0 Å². The number of fused-ring (bicyclic) bond motifs is 1. The summed E-state index contributed by atoms with van der Waals surface area (Å²) < 4.78 is 34.5. The summed E-state index contributed by atoms with van der Waals surface area (Å²) in [5.41, 5.74) is 1.78. The number of carbonyl (C=O) groups is 2. The molecule has 2 N–H and O–H groups in total. The van der Waals surface area contributed by atoms with Crippen molar-refractivity contribution in [2.24, 2.45) is 17.0 Å². The van der Waals surface area contributed by atoms with E-state index in [0.29, 0.717) is 56.8 Å². The smallest absolute Gasteiger partial charge is 0.272 e. The summed E-state index contributed by atoms with van der Waals surface area (Å²) in [4.78, 5) is 38.4. The van der Waals surface area contributed by atoms with Crippen LogP contribution < -0.4 is 9.88 Å². The van der Waals surface area contributed by atoms with E-state index in [9.17, 15) is 18.0 Å². The molecule has 0 bridgehead atoms. The molecular formula is C26H31N5O6S. The van der Waals surface area contributed by atoms with Gasteiger partial charge in [0.05, 0.1) is 18.8 Å². The number of primary sulfonamides is 1. The highest BCUT2D eigenvalue weighted by Crippen LogP contribution is 2.44. The normalized spacial score (nSPS) is 23.9. The van der Waals surface area contributed by atoms with Gasteiger partial charge in [-0.15, -0.1) is 0 Å². The fourth-order valence-electron chi connectivity index (χ4n) is 5.67. The molecule has 2 amide bonds. The molecule has 3 aliphatic heterocycles. The lowest BCUT2D eigenvalue weighted by molar-refractivity contribution is 0.0233. The topological polar surface area (TPSA) is 145 Å². The zero-order valence-electron chi connectivity index (χ0n) is 21.0. The van der Waals surface area contributed by atoms with E-state index in [1.165, 1.54) is 12.1 Å². The van der Waals surface area contributed by atoms with E-state index in [4.69, 9.17) is 14.6 Å². The predicted molar refractivity (Wildman–Crippen MR) is 135 cm³/mol. The van der Waals surface area contributed by atoms with E-state index >= 15 is 0 Å². The van der Waals surface area contributed by atoms with Gasteiger partial charge in [0.15, 0.2) is 0 Å². The molecule has 2 aromatic heterocycles. The molecule has 38 heavy (non-hydrogen) atoms. The largest absolute Gasteiger partial charge is 0.474 e. The zero-order chi connectivity index (χ0) is 26.4. The van der Waals surface area contributed by atoms with Gasteiger partial charge in [0.1, 0.15) is 16.7 Å². The number of nitrogens with zero attached hydrogens (tertiary/aromatic N) is 4. The van der Waals surface area contributed by atoms with Gasteiger partial charge in [-0.05, 0) is 37.0 Å². The summed E-state index contributed by atoms with van der Waals surface area (Å²) in [5.74, 6) is 1.11.